The highest BCUT2D eigenvalue weighted by molar-refractivity contribution is 5.88. The number of nitriles is 1. The van der Waals surface area contributed by atoms with Gasteiger partial charge in [0.1, 0.15) is 11.2 Å². The van der Waals surface area contributed by atoms with Gasteiger partial charge in [-0.2, -0.15) is 5.26 Å². The van der Waals surface area contributed by atoms with E-state index in [-0.39, 0.29) is 12.5 Å². The van der Waals surface area contributed by atoms with E-state index in [0.717, 1.165) is 22.4 Å². The van der Waals surface area contributed by atoms with Crippen molar-refractivity contribution in [3.8, 4) is 17.7 Å². The Balaban J connectivity index is 1.76. The Bertz CT molecular complexity index is 799. The van der Waals surface area contributed by atoms with E-state index in [9.17, 15) is 4.79 Å². The summed E-state index contributed by atoms with van der Waals surface area (Å²) in [6.45, 7) is 4.25. The van der Waals surface area contributed by atoms with Crippen LogP contribution in [0, 0.1) is 30.6 Å². The number of aryl methyl sites for hydroxylation is 2. The molecule has 0 radical (unpaired) electrons. The van der Waals surface area contributed by atoms with Gasteiger partial charge in [-0.1, -0.05) is 24.3 Å². The Hall–Kier alpha value is -2.87. The number of amides is 1. The highest BCUT2D eigenvalue weighted by Crippen LogP contribution is 2.45. The van der Waals surface area contributed by atoms with Gasteiger partial charge in [-0.15, -0.1) is 0 Å². The van der Waals surface area contributed by atoms with Crippen LogP contribution in [0.5, 0.6) is 11.6 Å². The minimum atomic E-state index is -0.824. The summed E-state index contributed by atoms with van der Waals surface area (Å²) in [6.07, 6.45) is 2.92. The van der Waals surface area contributed by atoms with E-state index in [1.807, 2.05) is 38.1 Å². The molecule has 5 heteroatoms. The van der Waals surface area contributed by atoms with Gasteiger partial charge in [-0.25, -0.2) is 4.98 Å². The van der Waals surface area contributed by atoms with Crippen LogP contribution in [0.3, 0.4) is 0 Å². The van der Waals surface area contributed by atoms with Gasteiger partial charge < -0.3 is 10.1 Å². The lowest BCUT2D eigenvalue weighted by Crippen LogP contribution is -2.30. The van der Waals surface area contributed by atoms with Crippen LogP contribution in [0.15, 0.2) is 36.5 Å². The Morgan fingerprint density at radius 2 is 2.00 bits per heavy atom. The van der Waals surface area contributed by atoms with Crippen LogP contribution in [0.25, 0.3) is 0 Å². The average molecular weight is 321 g/mol. The standard InChI is InChI=1S/C19H19N3O2/c1-13-5-3-6-14(2)16(13)24-17-15(7-4-10-21-17)11-22-18(23)19(12-20)8-9-19/h3-7,10H,8-9,11H2,1-2H3,(H,22,23). The van der Waals surface area contributed by atoms with Crippen molar-refractivity contribution in [1.29, 1.82) is 5.26 Å². The molecule has 0 saturated heterocycles. The fourth-order valence-corrected chi connectivity index (χ4v) is 2.57. The molecule has 1 N–H and O–H groups in total. The maximum atomic E-state index is 12.1. The first-order valence-electron chi connectivity index (χ1n) is 7.93. The maximum absolute atomic E-state index is 12.1. The van der Waals surface area contributed by atoms with Gasteiger partial charge in [0, 0.05) is 18.3 Å². The molecule has 1 heterocycles. The molecule has 122 valence electrons. The van der Waals surface area contributed by atoms with E-state index < -0.39 is 5.41 Å². The number of benzene rings is 1. The summed E-state index contributed by atoms with van der Waals surface area (Å²) in [7, 11) is 0. The van der Waals surface area contributed by atoms with E-state index in [1.165, 1.54) is 0 Å². The molecular weight excluding hydrogens is 302 g/mol. The van der Waals surface area contributed by atoms with Crippen molar-refractivity contribution in [3.05, 3.63) is 53.2 Å². The summed E-state index contributed by atoms with van der Waals surface area (Å²) in [4.78, 5) is 16.4. The zero-order valence-electron chi connectivity index (χ0n) is 13.8. The van der Waals surface area contributed by atoms with Gasteiger partial charge >= 0.3 is 0 Å². The van der Waals surface area contributed by atoms with E-state index in [2.05, 4.69) is 16.4 Å². The monoisotopic (exact) mass is 321 g/mol. The molecule has 1 aromatic carbocycles. The number of carbonyl (C=O) groups is 1. The van der Waals surface area contributed by atoms with Gasteiger partial charge in [0.2, 0.25) is 11.8 Å². The first-order valence-corrected chi connectivity index (χ1v) is 7.93. The number of aromatic nitrogens is 1. The molecule has 0 unspecified atom stereocenters. The van der Waals surface area contributed by atoms with Crippen molar-refractivity contribution in [2.45, 2.75) is 33.2 Å². The topological polar surface area (TPSA) is 75.0 Å². The molecule has 1 aliphatic carbocycles. The molecule has 0 bridgehead atoms. The summed E-state index contributed by atoms with van der Waals surface area (Å²) in [6, 6.07) is 11.7. The summed E-state index contributed by atoms with van der Waals surface area (Å²) in [5.41, 5.74) is 2.01. The number of hydrogen-bond donors (Lipinski definition) is 1. The number of pyridine rings is 1. The molecular formula is C19H19N3O2. The number of ether oxygens (including phenoxy) is 1. The highest BCUT2D eigenvalue weighted by atomic mass is 16.5. The minimum Gasteiger partial charge on any atom is -0.438 e. The molecule has 2 aromatic rings. The number of rotatable bonds is 5. The Labute approximate surface area is 141 Å². The van der Waals surface area contributed by atoms with Crippen molar-refractivity contribution < 1.29 is 9.53 Å². The second-order valence-electron chi connectivity index (χ2n) is 6.17. The van der Waals surface area contributed by atoms with Gasteiger partial charge in [-0.05, 0) is 43.9 Å². The first kappa shape index (κ1) is 16.0. The van der Waals surface area contributed by atoms with Crippen molar-refractivity contribution in [2.24, 2.45) is 5.41 Å². The molecule has 0 spiro atoms. The number of carbonyl (C=O) groups excluding carboxylic acids is 1. The number of nitrogens with one attached hydrogen (secondary N) is 1. The van der Waals surface area contributed by atoms with Crippen LogP contribution < -0.4 is 10.1 Å². The first-order chi connectivity index (χ1) is 11.6. The van der Waals surface area contributed by atoms with Crippen molar-refractivity contribution in [3.63, 3.8) is 0 Å². The Morgan fingerprint density at radius 3 is 2.62 bits per heavy atom. The zero-order valence-corrected chi connectivity index (χ0v) is 13.8. The van der Waals surface area contributed by atoms with Crippen LogP contribution >= 0.6 is 0 Å². The summed E-state index contributed by atoms with van der Waals surface area (Å²) in [5.74, 6) is 1.03. The normalized spacial score (nSPS) is 14.5. The van der Waals surface area contributed by atoms with Crippen molar-refractivity contribution in [2.75, 3.05) is 0 Å². The lowest BCUT2D eigenvalue weighted by atomic mass is 10.1. The molecule has 3 rings (SSSR count). The second-order valence-corrected chi connectivity index (χ2v) is 6.17. The third-order valence-corrected chi connectivity index (χ3v) is 4.30. The maximum Gasteiger partial charge on any atom is 0.240 e. The predicted octanol–water partition coefficient (Wildman–Crippen LogP) is 3.41. The lowest BCUT2D eigenvalue weighted by molar-refractivity contribution is -0.124. The van der Waals surface area contributed by atoms with Gasteiger partial charge in [0.25, 0.3) is 0 Å². The number of para-hydroxylation sites is 1. The summed E-state index contributed by atoms with van der Waals surface area (Å²) in [5, 5.41) is 11.9. The van der Waals surface area contributed by atoms with Crippen LogP contribution in [-0.4, -0.2) is 10.9 Å². The third-order valence-electron chi connectivity index (χ3n) is 4.30. The molecule has 1 aromatic heterocycles. The van der Waals surface area contributed by atoms with Crippen LogP contribution in [0.4, 0.5) is 0 Å². The van der Waals surface area contributed by atoms with Crippen LogP contribution in [0.2, 0.25) is 0 Å². The predicted molar refractivity (Wildman–Crippen MR) is 89.4 cm³/mol. The third kappa shape index (κ3) is 3.09. The van der Waals surface area contributed by atoms with Crippen molar-refractivity contribution >= 4 is 5.91 Å². The summed E-state index contributed by atoms with van der Waals surface area (Å²) < 4.78 is 6.00. The zero-order chi connectivity index (χ0) is 17.2. The van der Waals surface area contributed by atoms with Crippen LogP contribution in [0.1, 0.15) is 29.5 Å². The van der Waals surface area contributed by atoms with Gasteiger partial charge in [-0.3, -0.25) is 4.79 Å². The molecule has 1 fully saturated rings. The van der Waals surface area contributed by atoms with E-state index in [4.69, 9.17) is 10.00 Å². The van der Waals surface area contributed by atoms with Gasteiger partial charge in [0.05, 0.1) is 6.07 Å². The molecule has 5 nitrogen and oxygen atoms in total. The number of hydrogen-bond acceptors (Lipinski definition) is 4. The molecule has 1 amide bonds. The van der Waals surface area contributed by atoms with Crippen molar-refractivity contribution in [1.82, 2.24) is 10.3 Å². The fourth-order valence-electron chi connectivity index (χ4n) is 2.57. The molecule has 0 atom stereocenters. The van der Waals surface area contributed by atoms with E-state index in [0.29, 0.717) is 18.7 Å². The molecule has 1 saturated carbocycles. The Morgan fingerprint density at radius 1 is 1.29 bits per heavy atom. The quantitative estimate of drug-likeness (QED) is 0.915. The SMILES string of the molecule is Cc1cccc(C)c1Oc1ncccc1CNC(=O)C1(C#N)CC1. The second kappa shape index (κ2) is 6.32. The highest BCUT2D eigenvalue weighted by Gasteiger charge is 2.50. The van der Waals surface area contributed by atoms with Gasteiger partial charge in [0.15, 0.2) is 0 Å². The number of nitrogens with zero attached hydrogens (tertiary/aromatic N) is 2. The molecule has 0 aliphatic heterocycles. The Kier molecular flexibility index (Phi) is 4.22. The molecule has 24 heavy (non-hydrogen) atoms. The largest absolute Gasteiger partial charge is 0.438 e. The smallest absolute Gasteiger partial charge is 0.240 e. The van der Waals surface area contributed by atoms with E-state index >= 15 is 0 Å². The van der Waals surface area contributed by atoms with Crippen LogP contribution in [-0.2, 0) is 11.3 Å². The molecule has 1 aliphatic rings. The fraction of sp³-hybridized carbons (Fsp3) is 0.316. The summed E-state index contributed by atoms with van der Waals surface area (Å²) >= 11 is 0. The average Bonchev–Trinajstić information content (AvgIpc) is 3.38. The van der Waals surface area contributed by atoms with E-state index in [1.54, 1.807) is 12.3 Å². The lowest BCUT2D eigenvalue weighted by Gasteiger charge is -2.14. The minimum absolute atomic E-state index is 0.216.